The number of halogens is 1. The zero-order valence-corrected chi connectivity index (χ0v) is 21.1. The van der Waals surface area contributed by atoms with E-state index in [2.05, 4.69) is 20.5 Å². The molecule has 0 spiro atoms. The molecule has 4 rings (SSSR count). The molecule has 1 aromatic heterocycles. The SMILES string of the molecule is Cc1ccc(Cl)cc1CNC(=O)CCN1CCC(NC[C@@H](O)c2ccc(O)c3[nH]c(=O)ccc23)CC1. The van der Waals surface area contributed by atoms with Gasteiger partial charge in [-0.3, -0.25) is 9.59 Å². The van der Waals surface area contributed by atoms with Crippen LogP contribution in [-0.2, 0) is 11.3 Å². The van der Waals surface area contributed by atoms with E-state index >= 15 is 0 Å². The van der Waals surface area contributed by atoms with Crippen molar-refractivity contribution >= 4 is 28.4 Å². The second-order valence-corrected chi connectivity index (χ2v) is 9.86. The summed E-state index contributed by atoms with van der Waals surface area (Å²) < 4.78 is 0. The van der Waals surface area contributed by atoms with Crippen molar-refractivity contribution in [3.05, 3.63) is 74.5 Å². The first-order valence-electron chi connectivity index (χ1n) is 12.3. The zero-order valence-electron chi connectivity index (χ0n) is 20.4. The number of aromatic nitrogens is 1. The monoisotopic (exact) mass is 512 g/mol. The van der Waals surface area contributed by atoms with Gasteiger partial charge in [0.2, 0.25) is 11.5 Å². The molecule has 1 aliphatic rings. The number of rotatable bonds is 9. The molecule has 0 saturated carbocycles. The number of piperidine rings is 1. The lowest BCUT2D eigenvalue weighted by Crippen LogP contribution is -2.44. The van der Waals surface area contributed by atoms with Gasteiger partial charge < -0.3 is 30.7 Å². The van der Waals surface area contributed by atoms with Gasteiger partial charge in [0, 0.05) is 48.6 Å². The van der Waals surface area contributed by atoms with Crippen molar-refractivity contribution in [3.8, 4) is 5.75 Å². The lowest BCUT2D eigenvalue weighted by atomic mass is 10.0. The first-order valence-corrected chi connectivity index (χ1v) is 12.7. The highest BCUT2D eigenvalue weighted by atomic mass is 35.5. The summed E-state index contributed by atoms with van der Waals surface area (Å²) in [6, 6.07) is 12.1. The molecule has 1 fully saturated rings. The molecule has 1 atom stereocenters. The van der Waals surface area contributed by atoms with Crippen LogP contribution in [0.25, 0.3) is 10.9 Å². The van der Waals surface area contributed by atoms with E-state index in [9.17, 15) is 19.8 Å². The molecule has 1 aliphatic heterocycles. The van der Waals surface area contributed by atoms with Crippen LogP contribution < -0.4 is 16.2 Å². The van der Waals surface area contributed by atoms with Crippen LogP contribution in [0, 0.1) is 6.92 Å². The summed E-state index contributed by atoms with van der Waals surface area (Å²) in [5.74, 6) is 0.00690. The predicted octanol–water partition coefficient (Wildman–Crippen LogP) is 2.99. The van der Waals surface area contributed by atoms with Gasteiger partial charge in [0.15, 0.2) is 0 Å². The van der Waals surface area contributed by atoms with E-state index in [0.29, 0.717) is 47.5 Å². The molecular weight excluding hydrogens is 480 g/mol. The summed E-state index contributed by atoms with van der Waals surface area (Å²) in [7, 11) is 0. The van der Waals surface area contributed by atoms with Gasteiger partial charge in [0.05, 0.1) is 11.6 Å². The van der Waals surface area contributed by atoms with Crippen LogP contribution in [0.15, 0.2) is 47.3 Å². The van der Waals surface area contributed by atoms with Crippen LogP contribution in [0.5, 0.6) is 5.75 Å². The average molecular weight is 513 g/mol. The quantitative estimate of drug-likeness (QED) is 0.301. The molecule has 5 N–H and O–H groups in total. The van der Waals surface area contributed by atoms with E-state index in [1.54, 1.807) is 12.1 Å². The van der Waals surface area contributed by atoms with Gasteiger partial charge in [-0.15, -0.1) is 0 Å². The van der Waals surface area contributed by atoms with Gasteiger partial charge in [-0.2, -0.15) is 0 Å². The number of fused-ring (bicyclic) bond motifs is 1. The maximum Gasteiger partial charge on any atom is 0.248 e. The van der Waals surface area contributed by atoms with E-state index in [-0.39, 0.29) is 23.3 Å². The van der Waals surface area contributed by atoms with Crippen LogP contribution in [0.4, 0.5) is 0 Å². The number of aromatic hydroxyl groups is 1. The summed E-state index contributed by atoms with van der Waals surface area (Å²) in [4.78, 5) is 28.8. The molecule has 0 bridgehead atoms. The number of carbonyl (C=O) groups excluding carboxylic acids is 1. The van der Waals surface area contributed by atoms with Crippen LogP contribution in [-0.4, -0.2) is 58.2 Å². The van der Waals surface area contributed by atoms with Gasteiger partial charge in [-0.05, 0) is 73.8 Å². The zero-order chi connectivity index (χ0) is 25.7. The number of likely N-dealkylation sites (tertiary alicyclic amines) is 1. The Bertz CT molecular complexity index is 1270. The normalized spacial score (nSPS) is 15.8. The number of H-pyrrole nitrogens is 1. The minimum absolute atomic E-state index is 0.0211. The standard InChI is InChI=1S/C27H33ClN4O4/c1-17-2-3-19(28)14-18(17)15-30-25(35)10-13-32-11-8-20(9-12-32)29-16-24(34)21-4-6-23(33)27-22(21)5-7-26(36)31-27/h2-7,14,20,24,29,33-34H,8-13,15-16H2,1H3,(H,30,35)(H,31,36)/t24-/m1/s1. The van der Waals surface area contributed by atoms with Crippen LogP contribution in [0.2, 0.25) is 5.02 Å². The van der Waals surface area contributed by atoms with E-state index in [0.717, 1.165) is 37.1 Å². The van der Waals surface area contributed by atoms with Crippen molar-refractivity contribution in [3.63, 3.8) is 0 Å². The molecule has 1 amide bonds. The van der Waals surface area contributed by atoms with Crippen molar-refractivity contribution in [2.24, 2.45) is 0 Å². The second-order valence-electron chi connectivity index (χ2n) is 9.42. The first kappa shape index (κ1) is 26.2. The van der Waals surface area contributed by atoms with Crippen LogP contribution in [0.1, 0.15) is 42.1 Å². The number of hydrogen-bond donors (Lipinski definition) is 5. The number of amides is 1. The molecule has 2 aromatic carbocycles. The Morgan fingerprint density at radius 1 is 1.19 bits per heavy atom. The third kappa shape index (κ3) is 6.64. The number of hydrogen-bond acceptors (Lipinski definition) is 6. The smallest absolute Gasteiger partial charge is 0.248 e. The Balaban J connectivity index is 1.19. The second kappa shape index (κ2) is 11.9. The van der Waals surface area contributed by atoms with Crippen molar-refractivity contribution in [1.29, 1.82) is 0 Å². The fourth-order valence-electron chi connectivity index (χ4n) is 4.67. The Morgan fingerprint density at radius 2 is 1.97 bits per heavy atom. The Morgan fingerprint density at radius 3 is 2.75 bits per heavy atom. The maximum atomic E-state index is 12.3. The molecule has 3 aromatic rings. The maximum absolute atomic E-state index is 12.3. The molecular formula is C27H33ClN4O4. The third-order valence-corrected chi connectivity index (χ3v) is 7.13. The van der Waals surface area contributed by atoms with Gasteiger partial charge in [-0.1, -0.05) is 23.7 Å². The van der Waals surface area contributed by atoms with E-state index in [4.69, 9.17) is 11.6 Å². The van der Waals surface area contributed by atoms with Gasteiger partial charge in [0.1, 0.15) is 5.75 Å². The number of benzene rings is 2. The minimum atomic E-state index is -0.774. The lowest BCUT2D eigenvalue weighted by Gasteiger charge is -2.32. The summed E-state index contributed by atoms with van der Waals surface area (Å²) in [5, 5.41) is 28.5. The number of nitrogens with zero attached hydrogens (tertiary/aromatic N) is 1. The number of aromatic amines is 1. The van der Waals surface area contributed by atoms with Crippen LogP contribution >= 0.6 is 11.6 Å². The average Bonchev–Trinajstić information content (AvgIpc) is 2.87. The van der Waals surface area contributed by atoms with Crippen LogP contribution in [0.3, 0.4) is 0 Å². The molecule has 9 heteroatoms. The number of aliphatic hydroxyl groups is 1. The van der Waals surface area contributed by atoms with Crippen molar-refractivity contribution in [1.82, 2.24) is 20.5 Å². The molecule has 192 valence electrons. The Labute approximate surface area is 215 Å². The van der Waals surface area contributed by atoms with Gasteiger partial charge in [-0.25, -0.2) is 0 Å². The summed E-state index contributed by atoms with van der Waals surface area (Å²) in [5.41, 5.74) is 2.82. The number of aryl methyl sites for hydroxylation is 1. The van der Waals surface area contributed by atoms with E-state index < -0.39 is 6.10 Å². The topological polar surface area (TPSA) is 118 Å². The molecule has 1 saturated heterocycles. The number of phenols is 1. The summed E-state index contributed by atoms with van der Waals surface area (Å²) in [6.45, 7) is 5.34. The molecule has 0 aliphatic carbocycles. The highest BCUT2D eigenvalue weighted by Gasteiger charge is 2.21. The number of phenolic OH excluding ortho intramolecular Hbond substituents is 1. The fraction of sp³-hybridized carbons (Fsp3) is 0.407. The highest BCUT2D eigenvalue weighted by molar-refractivity contribution is 6.30. The minimum Gasteiger partial charge on any atom is -0.506 e. The first-order chi connectivity index (χ1) is 17.3. The number of aliphatic hydroxyl groups excluding tert-OH is 1. The van der Waals surface area contributed by atoms with Crippen molar-refractivity contribution < 1.29 is 15.0 Å². The summed E-state index contributed by atoms with van der Waals surface area (Å²) in [6.07, 6.45) is 1.54. The molecule has 8 nitrogen and oxygen atoms in total. The number of nitrogens with one attached hydrogen (secondary N) is 3. The fourth-order valence-corrected chi connectivity index (χ4v) is 4.87. The van der Waals surface area contributed by atoms with E-state index in [1.165, 1.54) is 12.1 Å². The Kier molecular flexibility index (Phi) is 8.64. The van der Waals surface area contributed by atoms with E-state index in [1.807, 2.05) is 25.1 Å². The van der Waals surface area contributed by atoms with Gasteiger partial charge >= 0.3 is 0 Å². The molecule has 2 heterocycles. The largest absolute Gasteiger partial charge is 0.506 e. The third-order valence-electron chi connectivity index (χ3n) is 6.90. The highest BCUT2D eigenvalue weighted by Crippen LogP contribution is 2.28. The molecule has 0 unspecified atom stereocenters. The number of pyridine rings is 1. The number of carbonyl (C=O) groups is 1. The van der Waals surface area contributed by atoms with Gasteiger partial charge in [0.25, 0.3) is 0 Å². The molecule has 36 heavy (non-hydrogen) atoms. The van der Waals surface area contributed by atoms with Crippen molar-refractivity contribution in [2.45, 2.75) is 44.9 Å². The summed E-state index contributed by atoms with van der Waals surface area (Å²) >= 11 is 6.05. The Hall–Kier alpha value is -2.91. The molecule has 0 radical (unpaired) electrons. The lowest BCUT2D eigenvalue weighted by molar-refractivity contribution is -0.121. The van der Waals surface area contributed by atoms with Crippen molar-refractivity contribution in [2.75, 3.05) is 26.2 Å². The predicted molar refractivity (Wildman–Crippen MR) is 141 cm³/mol.